The van der Waals surface area contributed by atoms with Crippen LogP contribution >= 0.6 is 0 Å². The van der Waals surface area contributed by atoms with Crippen molar-refractivity contribution in [2.75, 3.05) is 10.2 Å². The molecule has 1 fully saturated rings. The zero-order valence-corrected chi connectivity index (χ0v) is 14.3. The average molecular weight is 389 g/mol. The number of nitrogens with one attached hydrogen (secondary N) is 2. The molecule has 6 nitrogen and oxygen atoms in total. The molecule has 2 aromatic rings. The molecule has 0 spiro atoms. The van der Waals surface area contributed by atoms with Crippen LogP contribution in [-0.4, -0.2) is 17.8 Å². The topological polar surface area (TPSA) is 78.5 Å². The van der Waals surface area contributed by atoms with Gasteiger partial charge in [0.1, 0.15) is 0 Å². The Kier molecular flexibility index (Phi) is 4.91. The number of barbiturate groups is 1. The van der Waals surface area contributed by atoms with Crippen LogP contribution in [0, 0.1) is 5.92 Å². The maximum absolute atomic E-state index is 12.9. The van der Waals surface area contributed by atoms with Crippen molar-refractivity contribution in [2.45, 2.75) is 6.18 Å². The van der Waals surface area contributed by atoms with Crippen molar-refractivity contribution < 1.29 is 27.6 Å². The summed E-state index contributed by atoms with van der Waals surface area (Å²) in [5.41, 5.74) is -0.806. The monoisotopic (exact) mass is 389 g/mol. The molecular formula is C19H14F3N3O3. The highest BCUT2D eigenvalue weighted by Gasteiger charge is 2.43. The lowest BCUT2D eigenvalue weighted by atomic mass is 10.0. The molecule has 0 saturated carbocycles. The molecule has 9 heteroatoms. The summed E-state index contributed by atoms with van der Waals surface area (Å²) in [6.07, 6.45) is -4.55. The first-order chi connectivity index (χ1) is 13.2. The molecule has 3 rings (SSSR count). The number of carbonyl (C=O) groups is 3. The lowest BCUT2D eigenvalue weighted by Gasteiger charge is -2.31. The Morgan fingerprint density at radius 3 is 2.36 bits per heavy atom. The van der Waals surface area contributed by atoms with E-state index in [1.54, 1.807) is 18.2 Å². The second kappa shape index (κ2) is 7.18. The van der Waals surface area contributed by atoms with Crippen molar-refractivity contribution in [3.63, 3.8) is 0 Å². The van der Waals surface area contributed by atoms with Crippen LogP contribution in [0.15, 0.2) is 66.9 Å². The smallest absolute Gasteiger partial charge is 0.358 e. The molecule has 2 aromatic carbocycles. The van der Waals surface area contributed by atoms with E-state index < -0.39 is 35.5 Å². The molecule has 1 atom stereocenters. The average Bonchev–Trinajstić information content (AvgIpc) is 2.61. The summed E-state index contributed by atoms with van der Waals surface area (Å²) in [6.45, 7) is 3.61. The van der Waals surface area contributed by atoms with Gasteiger partial charge in [-0.25, -0.2) is 9.69 Å². The van der Waals surface area contributed by atoms with Crippen LogP contribution in [0.5, 0.6) is 0 Å². The number of amides is 4. The number of alkyl halides is 3. The normalized spacial score (nSPS) is 17.3. The minimum atomic E-state index is -4.55. The molecule has 4 amide bonds. The van der Waals surface area contributed by atoms with Gasteiger partial charge in [0.05, 0.1) is 11.3 Å². The summed E-state index contributed by atoms with van der Waals surface area (Å²) in [5.74, 6) is -3.26. The third kappa shape index (κ3) is 3.73. The van der Waals surface area contributed by atoms with Crippen LogP contribution in [0.4, 0.5) is 29.3 Å². The molecule has 1 aliphatic heterocycles. The quantitative estimate of drug-likeness (QED) is 0.785. The zero-order valence-electron chi connectivity index (χ0n) is 14.3. The van der Waals surface area contributed by atoms with Crippen molar-refractivity contribution in [2.24, 2.45) is 5.92 Å². The summed E-state index contributed by atoms with van der Waals surface area (Å²) in [5, 5.41) is 4.61. The Hall–Kier alpha value is -3.62. The number of nitrogens with zero attached hydrogens (tertiary/aromatic N) is 1. The number of rotatable bonds is 4. The maximum atomic E-state index is 12.9. The highest BCUT2D eigenvalue weighted by Crippen LogP contribution is 2.31. The number of hydrogen-bond acceptors (Lipinski definition) is 4. The molecule has 2 N–H and O–H groups in total. The number of imide groups is 2. The highest BCUT2D eigenvalue weighted by molar-refractivity contribution is 6.28. The SMILES string of the molecule is C=C(Nc1cccc(C(F)(F)F)c1)[C@H]1C(=O)NC(=O)N(c2ccccc2)C1=O. The zero-order chi connectivity index (χ0) is 20.5. The molecule has 0 aliphatic carbocycles. The van der Waals surface area contributed by atoms with E-state index in [2.05, 4.69) is 17.2 Å². The first-order valence-corrected chi connectivity index (χ1v) is 8.05. The second-order valence-corrected chi connectivity index (χ2v) is 5.97. The highest BCUT2D eigenvalue weighted by atomic mass is 19.4. The molecule has 0 aromatic heterocycles. The number of hydrogen-bond donors (Lipinski definition) is 2. The predicted octanol–water partition coefficient (Wildman–Crippen LogP) is 3.53. The van der Waals surface area contributed by atoms with Crippen LogP contribution in [0.1, 0.15) is 5.56 Å². The summed E-state index contributed by atoms with van der Waals surface area (Å²) in [7, 11) is 0. The first kappa shape index (κ1) is 19.2. The fraction of sp³-hybridized carbons (Fsp3) is 0.105. The van der Waals surface area contributed by atoms with E-state index in [9.17, 15) is 27.6 Å². The summed E-state index contributed by atoms with van der Waals surface area (Å²) in [4.78, 5) is 37.8. The summed E-state index contributed by atoms with van der Waals surface area (Å²) >= 11 is 0. The minimum Gasteiger partial charge on any atom is -0.358 e. The van der Waals surface area contributed by atoms with E-state index in [0.29, 0.717) is 0 Å². The third-order valence-corrected chi connectivity index (χ3v) is 4.02. The van der Waals surface area contributed by atoms with Gasteiger partial charge < -0.3 is 5.32 Å². The predicted molar refractivity (Wildman–Crippen MR) is 95.2 cm³/mol. The summed E-state index contributed by atoms with van der Waals surface area (Å²) < 4.78 is 38.6. The number of anilines is 2. The van der Waals surface area contributed by atoms with Crippen LogP contribution in [0.3, 0.4) is 0 Å². The number of urea groups is 1. The summed E-state index contributed by atoms with van der Waals surface area (Å²) in [6, 6.07) is 11.2. The fourth-order valence-corrected chi connectivity index (χ4v) is 2.73. The largest absolute Gasteiger partial charge is 0.416 e. The van der Waals surface area contributed by atoms with Crippen molar-refractivity contribution in [3.8, 4) is 0 Å². The van der Waals surface area contributed by atoms with E-state index in [0.717, 1.165) is 17.0 Å². The van der Waals surface area contributed by atoms with Gasteiger partial charge in [-0.15, -0.1) is 0 Å². The molecule has 0 radical (unpaired) electrons. The van der Waals surface area contributed by atoms with Gasteiger partial charge in [-0.3, -0.25) is 14.9 Å². The van der Waals surface area contributed by atoms with Gasteiger partial charge >= 0.3 is 12.2 Å². The first-order valence-electron chi connectivity index (χ1n) is 8.05. The molecule has 0 unspecified atom stereocenters. The molecule has 1 heterocycles. The van der Waals surface area contributed by atoms with Crippen molar-refractivity contribution in [1.29, 1.82) is 0 Å². The molecule has 1 saturated heterocycles. The van der Waals surface area contributed by atoms with E-state index in [-0.39, 0.29) is 17.1 Å². The van der Waals surface area contributed by atoms with Gasteiger partial charge in [-0.2, -0.15) is 13.2 Å². The standard InChI is InChI=1S/C19H14F3N3O3/c1-11(23-13-7-5-6-12(10-13)19(20,21)22)15-16(26)24-18(28)25(17(15)27)14-8-3-2-4-9-14/h2-10,15,23H,1H2,(H,24,26,28)/t15-/m0/s1. The molecule has 1 aliphatic rings. The van der Waals surface area contributed by atoms with Gasteiger partial charge in [0.15, 0.2) is 5.92 Å². The number of para-hydroxylation sites is 1. The number of carbonyl (C=O) groups excluding carboxylic acids is 3. The second-order valence-electron chi connectivity index (χ2n) is 5.97. The van der Waals surface area contributed by atoms with Gasteiger partial charge in [-0.1, -0.05) is 30.8 Å². The lowest BCUT2D eigenvalue weighted by Crippen LogP contribution is -2.59. The molecule has 28 heavy (non-hydrogen) atoms. The molecule has 144 valence electrons. The Bertz CT molecular complexity index is 958. The molecular weight excluding hydrogens is 375 g/mol. The van der Waals surface area contributed by atoms with Crippen LogP contribution in [-0.2, 0) is 15.8 Å². The van der Waals surface area contributed by atoms with E-state index >= 15 is 0 Å². The Balaban J connectivity index is 1.85. The van der Waals surface area contributed by atoms with Gasteiger partial charge in [-0.05, 0) is 30.3 Å². The van der Waals surface area contributed by atoms with E-state index in [1.165, 1.54) is 24.3 Å². The van der Waals surface area contributed by atoms with Gasteiger partial charge in [0.25, 0.3) is 5.91 Å². The third-order valence-electron chi connectivity index (χ3n) is 4.02. The van der Waals surface area contributed by atoms with Crippen molar-refractivity contribution >= 4 is 29.2 Å². The Labute approximate surface area is 157 Å². The Morgan fingerprint density at radius 1 is 1.04 bits per heavy atom. The maximum Gasteiger partial charge on any atom is 0.416 e. The van der Waals surface area contributed by atoms with Gasteiger partial charge in [0.2, 0.25) is 5.91 Å². The Morgan fingerprint density at radius 2 is 1.71 bits per heavy atom. The minimum absolute atomic E-state index is 0.00332. The fourth-order valence-electron chi connectivity index (χ4n) is 2.73. The van der Waals surface area contributed by atoms with Crippen LogP contribution < -0.4 is 15.5 Å². The van der Waals surface area contributed by atoms with Crippen LogP contribution in [0.2, 0.25) is 0 Å². The number of benzene rings is 2. The lowest BCUT2D eigenvalue weighted by molar-refractivity contribution is -0.137. The van der Waals surface area contributed by atoms with Crippen LogP contribution in [0.25, 0.3) is 0 Å². The van der Waals surface area contributed by atoms with Crippen molar-refractivity contribution in [3.05, 3.63) is 72.4 Å². The van der Waals surface area contributed by atoms with Gasteiger partial charge in [0, 0.05) is 11.4 Å². The number of halogens is 3. The van der Waals surface area contributed by atoms with E-state index in [4.69, 9.17) is 0 Å². The van der Waals surface area contributed by atoms with Crippen molar-refractivity contribution in [1.82, 2.24) is 5.32 Å². The molecule has 0 bridgehead atoms. The van der Waals surface area contributed by atoms with E-state index in [1.807, 2.05) is 0 Å².